The van der Waals surface area contributed by atoms with Crippen molar-refractivity contribution < 1.29 is 9.18 Å². The molecule has 0 aliphatic rings. The molecule has 1 amide bonds. The molecule has 116 valence electrons. The van der Waals surface area contributed by atoms with Crippen LogP contribution in [0.15, 0.2) is 42.5 Å². The smallest absolute Gasteiger partial charge is 0.232 e. The number of hydrogen-bond acceptors (Lipinski definition) is 1. The van der Waals surface area contributed by atoms with Crippen LogP contribution in [0.4, 0.5) is 10.1 Å². The summed E-state index contributed by atoms with van der Waals surface area (Å²) >= 11 is 5.90. The Balaban J connectivity index is 2.25. The van der Waals surface area contributed by atoms with Gasteiger partial charge in [0.05, 0.1) is 5.92 Å². The van der Waals surface area contributed by atoms with E-state index in [1.807, 2.05) is 26.0 Å². The third kappa shape index (κ3) is 3.86. The highest BCUT2D eigenvalue weighted by Gasteiger charge is 2.24. The van der Waals surface area contributed by atoms with Gasteiger partial charge in [0.2, 0.25) is 5.91 Å². The summed E-state index contributed by atoms with van der Waals surface area (Å²) < 4.78 is 13.1. The molecule has 0 fully saturated rings. The van der Waals surface area contributed by atoms with Gasteiger partial charge in [-0.1, -0.05) is 37.6 Å². The minimum absolute atomic E-state index is 0.105. The van der Waals surface area contributed by atoms with Crippen LogP contribution in [0.25, 0.3) is 0 Å². The lowest BCUT2D eigenvalue weighted by Gasteiger charge is -2.21. The molecule has 0 radical (unpaired) electrons. The number of rotatable bonds is 4. The fourth-order valence-electron chi connectivity index (χ4n) is 2.49. The molecule has 0 aliphatic heterocycles. The molecule has 0 saturated carbocycles. The van der Waals surface area contributed by atoms with E-state index in [0.717, 1.165) is 5.56 Å². The molecule has 2 aromatic carbocycles. The maximum atomic E-state index is 13.1. The maximum absolute atomic E-state index is 13.1. The van der Waals surface area contributed by atoms with Crippen LogP contribution in [-0.4, -0.2) is 5.91 Å². The maximum Gasteiger partial charge on any atom is 0.232 e. The average molecular weight is 320 g/mol. The van der Waals surface area contributed by atoms with Crippen molar-refractivity contribution in [1.82, 2.24) is 0 Å². The van der Waals surface area contributed by atoms with Crippen LogP contribution < -0.4 is 5.32 Å². The summed E-state index contributed by atoms with van der Waals surface area (Å²) in [6.07, 6.45) is 0. The zero-order valence-corrected chi connectivity index (χ0v) is 13.6. The topological polar surface area (TPSA) is 29.1 Å². The molecule has 2 aromatic rings. The molecule has 22 heavy (non-hydrogen) atoms. The molecule has 1 atom stereocenters. The Morgan fingerprint density at radius 1 is 1.14 bits per heavy atom. The summed E-state index contributed by atoms with van der Waals surface area (Å²) in [6, 6.07) is 11.6. The summed E-state index contributed by atoms with van der Waals surface area (Å²) in [5.41, 5.74) is 2.25. The van der Waals surface area contributed by atoms with Gasteiger partial charge in [0.1, 0.15) is 5.82 Å². The molecule has 2 nitrogen and oxygen atoms in total. The second-order valence-corrected chi connectivity index (χ2v) is 6.16. The van der Waals surface area contributed by atoms with Crippen molar-refractivity contribution >= 4 is 23.2 Å². The van der Waals surface area contributed by atoms with Crippen LogP contribution in [0.3, 0.4) is 0 Å². The Bertz CT molecular complexity index is 667. The zero-order valence-electron chi connectivity index (χ0n) is 12.9. The highest BCUT2D eigenvalue weighted by molar-refractivity contribution is 6.30. The first-order valence-corrected chi connectivity index (χ1v) is 7.58. The Hall–Kier alpha value is -1.87. The summed E-state index contributed by atoms with van der Waals surface area (Å²) in [5.74, 6) is -0.579. The van der Waals surface area contributed by atoms with Crippen molar-refractivity contribution in [2.45, 2.75) is 26.7 Å². The summed E-state index contributed by atoms with van der Waals surface area (Å²) in [4.78, 5) is 12.6. The van der Waals surface area contributed by atoms with E-state index in [4.69, 9.17) is 11.6 Å². The number of carbonyl (C=O) groups is 1. The second-order valence-electron chi connectivity index (χ2n) is 5.72. The lowest BCUT2D eigenvalue weighted by atomic mass is 9.87. The fraction of sp³-hybridized carbons (Fsp3) is 0.278. The van der Waals surface area contributed by atoms with Gasteiger partial charge in [0, 0.05) is 10.7 Å². The molecule has 0 aliphatic carbocycles. The van der Waals surface area contributed by atoms with Crippen LogP contribution in [0.5, 0.6) is 0 Å². The third-order valence-electron chi connectivity index (χ3n) is 3.62. The van der Waals surface area contributed by atoms with E-state index in [1.165, 1.54) is 12.1 Å². The number of hydrogen-bond donors (Lipinski definition) is 1. The fourth-order valence-corrected chi connectivity index (χ4v) is 2.61. The van der Waals surface area contributed by atoms with Gasteiger partial charge in [-0.05, 0) is 54.3 Å². The average Bonchev–Trinajstić information content (AvgIpc) is 2.44. The molecule has 4 heteroatoms. The number of amides is 1. The highest BCUT2D eigenvalue weighted by Crippen LogP contribution is 2.28. The monoisotopic (exact) mass is 319 g/mol. The van der Waals surface area contributed by atoms with Crippen LogP contribution in [0, 0.1) is 18.7 Å². The first-order valence-electron chi connectivity index (χ1n) is 7.21. The van der Waals surface area contributed by atoms with Gasteiger partial charge in [0.25, 0.3) is 0 Å². The van der Waals surface area contributed by atoms with Crippen molar-refractivity contribution in [1.29, 1.82) is 0 Å². The van der Waals surface area contributed by atoms with Gasteiger partial charge in [-0.3, -0.25) is 4.79 Å². The highest BCUT2D eigenvalue weighted by atomic mass is 35.5. The number of aryl methyl sites for hydroxylation is 1. The molecule has 0 spiro atoms. The Kier molecular flexibility index (Phi) is 5.19. The van der Waals surface area contributed by atoms with E-state index < -0.39 is 0 Å². The van der Waals surface area contributed by atoms with Crippen molar-refractivity contribution in [2.75, 3.05) is 5.32 Å². The van der Waals surface area contributed by atoms with E-state index in [2.05, 4.69) is 5.32 Å². The summed E-state index contributed by atoms with van der Waals surface area (Å²) in [7, 11) is 0. The molecule has 0 saturated heterocycles. The number of halogens is 2. The van der Waals surface area contributed by atoms with E-state index in [1.54, 1.807) is 25.1 Å². The van der Waals surface area contributed by atoms with Crippen molar-refractivity contribution in [3.8, 4) is 0 Å². The van der Waals surface area contributed by atoms with Gasteiger partial charge in [-0.25, -0.2) is 4.39 Å². The number of carbonyl (C=O) groups excluding carboxylic acids is 1. The Labute approximate surface area is 135 Å². The second kappa shape index (κ2) is 6.93. The molecule has 0 bridgehead atoms. The molecule has 1 N–H and O–H groups in total. The predicted octanol–water partition coefficient (Wildman–Crippen LogP) is 5.17. The van der Waals surface area contributed by atoms with Gasteiger partial charge in [-0.2, -0.15) is 0 Å². The van der Waals surface area contributed by atoms with Gasteiger partial charge in [-0.15, -0.1) is 0 Å². The van der Waals surface area contributed by atoms with Crippen molar-refractivity contribution in [2.24, 2.45) is 5.92 Å². The van der Waals surface area contributed by atoms with Crippen molar-refractivity contribution in [3.05, 3.63) is 64.4 Å². The van der Waals surface area contributed by atoms with Crippen molar-refractivity contribution in [3.63, 3.8) is 0 Å². The van der Waals surface area contributed by atoms with Crippen LogP contribution in [0.1, 0.15) is 30.9 Å². The number of benzene rings is 2. The van der Waals surface area contributed by atoms with Crippen LogP contribution >= 0.6 is 11.6 Å². The minimum Gasteiger partial charge on any atom is -0.325 e. The normalized spacial score (nSPS) is 12.3. The third-order valence-corrected chi connectivity index (χ3v) is 3.88. The Morgan fingerprint density at radius 2 is 1.77 bits per heavy atom. The van der Waals surface area contributed by atoms with E-state index in [-0.39, 0.29) is 23.6 Å². The quantitative estimate of drug-likeness (QED) is 0.828. The summed E-state index contributed by atoms with van der Waals surface area (Å²) in [5, 5.41) is 3.53. The Morgan fingerprint density at radius 3 is 2.32 bits per heavy atom. The van der Waals surface area contributed by atoms with E-state index >= 15 is 0 Å². The molecule has 0 aromatic heterocycles. The first kappa shape index (κ1) is 16.5. The van der Waals surface area contributed by atoms with Gasteiger partial charge in [0.15, 0.2) is 0 Å². The molecule has 0 heterocycles. The molecular weight excluding hydrogens is 301 g/mol. The van der Waals surface area contributed by atoms with Crippen LogP contribution in [-0.2, 0) is 4.79 Å². The standard InChI is InChI=1S/C18H19ClFNO/c1-11(2)17(13-4-6-14(19)7-5-13)18(22)21-16-9-8-15(20)10-12(16)3/h4-11,17H,1-3H3,(H,21,22). The van der Waals surface area contributed by atoms with E-state index in [0.29, 0.717) is 16.3 Å². The number of anilines is 1. The predicted molar refractivity (Wildman–Crippen MR) is 88.8 cm³/mol. The zero-order chi connectivity index (χ0) is 16.3. The summed E-state index contributed by atoms with van der Waals surface area (Å²) in [6.45, 7) is 5.76. The number of nitrogens with one attached hydrogen (secondary N) is 1. The SMILES string of the molecule is Cc1cc(F)ccc1NC(=O)C(c1ccc(Cl)cc1)C(C)C. The van der Waals surface area contributed by atoms with E-state index in [9.17, 15) is 9.18 Å². The lowest BCUT2D eigenvalue weighted by molar-refractivity contribution is -0.118. The van der Waals surface area contributed by atoms with Crippen LogP contribution in [0.2, 0.25) is 5.02 Å². The lowest BCUT2D eigenvalue weighted by Crippen LogP contribution is -2.25. The van der Waals surface area contributed by atoms with Gasteiger partial charge >= 0.3 is 0 Å². The molecule has 1 unspecified atom stereocenters. The van der Waals surface area contributed by atoms with Gasteiger partial charge < -0.3 is 5.32 Å². The largest absolute Gasteiger partial charge is 0.325 e. The molecule has 2 rings (SSSR count). The first-order chi connectivity index (χ1) is 10.4. The minimum atomic E-state index is -0.311. The molecular formula is C18H19ClFNO.